The molecule has 1 saturated heterocycles. The second kappa shape index (κ2) is 5.07. The lowest BCUT2D eigenvalue weighted by Gasteiger charge is -2.32. The Morgan fingerprint density at radius 1 is 1.47 bits per heavy atom. The minimum Gasteiger partial charge on any atom is -0.480 e. The number of aromatic nitrogens is 1. The highest BCUT2D eigenvalue weighted by Crippen LogP contribution is 2.20. The van der Waals surface area contributed by atoms with Crippen LogP contribution in [0.15, 0.2) is 12.3 Å². The number of piperidine rings is 1. The van der Waals surface area contributed by atoms with Gasteiger partial charge in [0.15, 0.2) is 0 Å². The molecule has 1 amide bonds. The summed E-state index contributed by atoms with van der Waals surface area (Å²) in [5, 5.41) is 9.10. The number of aliphatic carboxylic acids is 1. The number of carbonyl (C=O) groups is 2. The molecule has 1 aliphatic rings. The molecule has 1 aromatic rings. The zero-order valence-corrected chi connectivity index (χ0v) is 11.3. The number of aromatic amines is 1. The van der Waals surface area contributed by atoms with Gasteiger partial charge in [-0.3, -0.25) is 4.79 Å². The highest BCUT2D eigenvalue weighted by molar-refractivity contribution is 14.1. The summed E-state index contributed by atoms with van der Waals surface area (Å²) in [6.45, 7) is 0.519. The molecule has 0 bridgehead atoms. The number of carboxylic acids is 1. The van der Waals surface area contributed by atoms with Gasteiger partial charge in [0.05, 0.1) is 0 Å². The van der Waals surface area contributed by atoms with Gasteiger partial charge >= 0.3 is 5.97 Å². The second-order valence-electron chi connectivity index (χ2n) is 4.08. The summed E-state index contributed by atoms with van der Waals surface area (Å²) in [6, 6.07) is 1.05. The van der Waals surface area contributed by atoms with Crippen LogP contribution < -0.4 is 0 Å². The van der Waals surface area contributed by atoms with Crippen molar-refractivity contribution in [2.24, 2.45) is 0 Å². The molecule has 6 heteroatoms. The lowest BCUT2D eigenvalue weighted by atomic mass is 10.0. The molecule has 92 valence electrons. The van der Waals surface area contributed by atoms with E-state index < -0.39 is 12.0 Å². The van der Waals surface area contributed by atoms with Crippen LogP contribution in [0.1, 0.15) is 29.8 Å². The number of likely N-dealkylation sites (tertiary alicyclic amines) is 1. The standard InChI is InChI=1S/C11H13IN2O3/c12-7-5-8(13-6-7)10(15)14-4-2-1-3-9(14)11(16)17/h5-6,9,13H,1-4H2,(H,16,17). The number of nitrogens with zero attached hydrogens (tertiary/aromatic N) is 1. The van der Waals surface area contributed by atoms with E-state index in [0.29, 0.717) is 18.7 Å². The lowest BCUT2D eigenvalue weighted by Crippen LogP contribution is -2.48. The van der Waals surface area contributed by atoms with Gasteiger partial charge in [-0.05, 0) is 47.9 Å². The summed E-state index contributed by atoms with van der Waals surface area (Å²) < 4.78 is 0.940. The third kappa shape index (κ3) is 2.62. The average Bonchev–Trinajstić information content (AvgIpc) is 2.75. The number of rotatable bonds is 2. The average molecular weight is 348 g/mol. The normalized spacial score (nSPS) is 20.3. The molecule has 1 unspecified atom stereocenters. The van der Waals surface area contributed by atoms with Crippen LogP contribution in [-0.4, -0.2) is 39.5 Å². The fourth-order valence-electron chi connectivity index (χ4n) is 2.08. The van der Waals surface area contributed by atoms with Gasteiger partial charge < -0.3 is 15.0 Å². The Balaban J connectivity index is 2.19. The molecule has 0 aromatic carbocycles. The van der Waals surface area contributed by atoms with Crippen LogP contribution in [0.5, 0.6) is 0 Å². The van der Waals surface area contributed by atoms with Crippen molar-refractivity contribution in [2.75, 3.05) is 6.54 Å². The topological polar surface area (TPSA) is 73.4 Å². The number of nitrogens with one attached hydrogen (secondary N) is 1. The molecule has 0 spiro atoms. The molecular weight excluding hydrogens is 335 g/mol. The zero-order valence-electron chi connectivity index (χ0n) is 9.15. The van der Waals surface area contributed by atoms with E-state index in [-0.39, 0.29) is 5.91 Å². The first-order valence-corrected chi connectivity index (χ1v) is 6.55. The van der Waals surface area contributed by atoms with E-state index in [1.54, 1.807) is 12.3 Å². The SMILES string of the molecule is O=C(O)C1CCCCN1C(=O)c1cc(I)c[nH]1. The van der Waals surface area contributed by atoms with Crippen molar-refractivity contribution in [3.8, 4) is 0 Å². The third-order valence-corrected chi connectivity index (χ3v) is 3.55. The molecule has 17 heavy (non-hydrogen) atoms. The molecule has 0 aliphatic carbocycles. The molecule has 2 N–H and O–H groups in total. The Bertz CT molecular complexity index is 444. The number of hydrogen-bond acceptors (Lipinski definition) is 2. The number of amides is 1. The van der Waals surface area contributed by atoms with E-state index in [0.717, 1.165) is 16.4 Å². The number of carbonyl (C=O) groups excluding carboxylic acids is 1. The minimum absolute atomic E-state index is 0.222. The Labute approximate surface area is 112 Å². The smallest absolute Gasteiger partial charge is 0.326 e. The van der Waals surface area contributed by atoms with Crippen LogP contribution in [0.3, 0.4) is 0 Å². The van der Waals surface area contributed by atoms with Gasteiger partial charge in [0, 0.05) is 16.3 Å². The van der Waals surface area contributed by atoms with Crippen molar-refractivity contribution in [2.45, 2.75) is 25.3 Å². The highest BCUT2D eigenvalue weighted by atomic mass is 127. The van der Waals surface area contributed by atoms with Crippen molar-refractivity contribution in [3.63, 3.8) is 0 Å². The Kier molecular flexibility index (Phi) is 3.70. The van der Waals surface area contributed by atoms with Crippen molar-refractivity contribution in [3.05, 3.63) is 21.5 Å². The van der Waals surface area contributed by atoms with Crippen LogP contribution in [-0.2, 0) is 4.79 Å². The fraction of sp³-hybridized carbons (Fsp3) is 0.455. The van der Waals surface area contributed by atoms with Gasteiger partial charge in [-0.15, -0.1) is 0 Å². The van der Waals surface area contributed by atoms with Crippen molar-refractivity contribution in [1.29, 1.82) is 0 Å². The summed E-state index contributed by atoms with van der Waals surface area (Å²) in [4.78, 5) is 27.6. The van der Waals surface area contributed by atoms with Gasteiger partial charge in [0.2, 0.25) is 0 Å². The van der Waals surface area contributed by atoms with Gasteiger partial charge in [-0.1, -0.05) is 0 Å². The monoisotopic (exact) mass is 348 g/mol. The molecule has 1 aromatic heterocycles. The molecule has 5 nitrogen and oxygen atoms in total. The van der Waals surface area contributed by atoms with E-state index in [9.17, 15) is 9.59 Å². The zero-order chi connectivity index (χ0) is 12.4. The van der Waals surface area contributed by atoms with E-state index in [1.807, 2.05) is 0 Å². The summed E-state index contributed by atoms with van der Waals surface area (Å²) >= 11 is 2.11. The predicted octanol–water partition coefficient (Wildman–Crippen LogP) is 1.70. The van der Waals surface area contributed by atoms with Gasteiger partial charge in [0.1, 0.15) is 11.7 Å². The summed E-state index contributed by atoms with van der Waals surface area (Å²) in [5.41, 5.74) is 0.461. The second-order valence-corrected chi connectivity index (χ2v) is 5.33. The molecule has 1 fully saturated rings. The number of hydrogen-bond donors (Lipinski definition) is 2. The minimum atomic E-state index is -0.917. The van der Waals surface area contributed by atoms with Gasteiger partial charge in [0.25, 0.3) is 5.91 Å². The van der Waals surface area contributed by atoms with Crippen molar-refractivity contribution in [1.82, 2.24) is 9.88 Å². The predicted molar refractivity (Wildman–Crippen MR) is 69.8 cm³/mol. The molecule has 1 aliphatic heterocycles. The lowest BCUT2D eigenvalue weighted by molar-refractivity contribution is -0.143. The Morgan fingerprint density at radius 2 is 2.24 bits per heavy atom. The first-order chi connectivity index (χ1) is 8.09. The fourth-order valence-corrected chi connectivity index (χ4v) is 2.54. The first-order valence-electron chi connectivity index (χ1n) is 5.47. The van der Waals surface area contributed by atoms with E-state index in [2.05, 4.69) is 27.6 Å². The Morgan fingerprint density at radius 3 is 2.82 bits per heavy atom. The highest BCUT2D eigenvalue weighted by Gasteiger charge is 2.32. The van der Waals surface area contributed by atoms with Crippen molar-refractivity contribution < 1.29 is 14.7 Å². The molecule has 2 heterocycles. The Hall–Kier alpha value is -1.05. The van der Waals surface area contributed by atoms with E-state index in [4.69, 9.17) is 5.11 Å². The number of H-pyrrole nitrogens is 1. The maximum absolute atomic E-state index is 12.2. The quantitative estimate of drug-likeness (QED) is 0.799. The molecular formula is C11H13IN2O3. The summed E-state index contributed by atoms with van der Waals surface area (Å²) in [5.74, 6) is -1.14. The van der Waals surface area contributed by atoms with Crippen LogP contribution in [0.4, 0.5) is 0 Å². The summed E-state index contributed by atoms with van der Waals surface area (Å²) in [7, 11) is 0. The molecule has 1 atom stereocenters. The molecule has 2 rings (SSSR count). The van der Waals surface area contributed by atoms with Crippen LogP contribution in [0.25, 0.3) is 0 Å². The van der Waals surface area contributed by atoms with Crippen molar-refractivity contribution >= 4 is 34.5 Å². The van der Waals surface area contributed by atoms with E-state index >= 15 is 0 Å². The molecule has 0 saturated carbocycles. The third-order valence-electron chi connectivity index (χ3n) is 2.93. The largest absolute Gasteiger partial charge is 0.480 e. The first kappa shape index (κ1) is 12.4. The van der Waals surface area contributed by atoms with Crippen LogP contribution in [0.2, 0.25) is 0 Å². The number of carboxylic acid groups (broad SMARTS) is 1. The molecule has 0 radical (unpaired) electrons. The van der Waals surface area contributed by atoms with Gasteiger partial charge in [-0.2, -0.15) is 0 Å². The van der Waals surface area contributed by atoms with Crippen LogP contribution in [0, 0.1) is 3.57 Å². The summed E-state index contributed by atoms with van der Waals surface area (Å²) in [6.07, 6.45) is 4.00. The van der Waals surface area contributed by atoms with E-state index in [1.165, 1.54) is 4.90 Å². The maximum Gasteiger partial charge on any atom is 0.326 e. The van der Waals surface area contributed by atoms with Crippen LogP contribution >= 0.6 is 22.6 Å². The number of halogens is 1. The maximum atomic E-state index is 12.2. The van der Waals surface area contributed by atoms with Gasteiger partial charge in [-0.25, -0.2) is 4.79 Å².